The zero-order chi connectivity index (χ0) is 31.8. The lowest BCUT2D eigenvalue weighted by Gasteiger charge is -2.30. The number of hydrogen-bond donors (Lipinski definition) is 1. The number of pyridine rings is 1. The van der Waals surface area contributed by atoms with Crippen molar-refractivity contribution in [1.29, 1.82) is 0 Å². The molecule has 0 fully saturated rings. The summed E-state index contributed by atoms with van der Waals surface area (Å²) >= 11 is 0. The number of benzene rings is 1. The van der Waals surface area contributed by atoms with E-state index in [9.17, 15) is 13.5 Å². The van der Waals surface area contributed by atoms with Gasteiger partial charge in [0.15, 0.2) is 5.82 Å². The van der Waals surface area contributed by atoms with Crippen LogP contribution < -0.4 is 13.8 Å². The molecule has 44 heavy (non-hydrogen) atoms. The number of anilines is 1. The summed E-state index contributed by atoms with van der Waals surface area (Å²) in [6.07, 6.45) is 3.78. The second-order valence-electron chi connectivity index (χ2n) is 11.8. The fourth-order valence-electron chi connectivity index (χ4n) is 4.87. The number of ether oxygens (including phenoxy) is 2. The molecule has 0 saturated heterocycles. The molecule has 5 aromatic rings. The van der Waals surface area contributed by atoms with Crippen molar-refractivity contribution in [3.63, 3.8) is 0 Å². The molecule has 15 heteroatoms. The van der Waals surface area contributed by atoms with E-state index in [-0.39, 0.29) is 18.2 Å². The number of aliphatic hydroxyl groups excluding tert-OH is 1. The van der Waals surface area contributed by atoms with Gasteiger partial charge >= 0.3 is 0 Å². The number of sulfonamides is 1. The van der Waals surface area contributed by atoms with Crippen LogP contribution in [-0.4, -0.2) is 81.5 Å². The van der Waals surface area contributed by atoms with Crippen molar-refractivity contribution in [1.82, 2.24) is 33.9 Å². The normalized spacial score (nSPS) is 13.6. The number of rotatable bonds is 12. The van der Waals surface area contributed by atoms with Gasteiger partial charge in [-0.3, -0.25) is 9.25 Å². The predicted molar refractivity (Wildman–Crippen MR) is 171 cm³/mol. The SMILES string of the molecule is COc1cccc(OC)c1-n1c(-c2ccn(C)n2)nnc1N(CC[Si](C)(C)C)S(=O)(=O)C(C)C(O)c1cn2ccccc2n1. The third-order valence-corrected chi connectivity index (χ3v) is 11.3. The molecule has 0 radical (unpaired) electrons. The van der Waals surface area contributed by atoms with Gasteiger partial charge < -0.3 is 19.0 Å². The molecule has 0 amide bonds. The van der Waals surface area contributed by atoms with Gasteiger partial charge in [0.1, 0.15) is 39.9 Å². The highest BCUT2D eigenvalue weighted by Gasteiger charge is 2.40. The molecule has 1 N–H and O–H groups in total. The molecule has 2 atom stereocenters. The summed E-state index contributed by atoms with van der Waals surface area (Å²) in [7, 11) is -1.21. The minimum atomic E-state index is -4.27. The summed E-state index contributed by atoms with van der Waals surface area (Å²) in [5.74, 6) is 1.16. The Hall–Kier alpha value is -4.21. The minimum Gasteiger partial charge on any atom is -0.494 e. The van der Waals surface area contributed by atoms with E-state index in [0.717, 1.165) is 0 Å². The van der Waals surface area contributed by atoms with Crippen LogP contribution in [0.2, 0.25) is 25.7 Å². The summed E-state index contributed by atoms with van der Waals surface area (Å²) in [5, 5.41) is 23.6. The van der Waals surface area contributed by atoms with E-state index in [1.54, 1.807) is 69.6 Å². The van der Waals surface area contributed by atoms with E-state index in [0.29, 0.717) is 40.4 Å². The fourth-order valence-corrected chi connectivity index (χ4v) is 7.49. The van der Waals surface area contributed by atoms with Crippen molar-refractivity contribution in [2.45, 2.75) is 44.0 Å². The van der Waals surface area contributed by atoms with Crippen molar-refractivity contribution < 1.29 is 23.0 Å². The molecule has 234 valence electrons. The number of nitrogens with zero attached hydrogens (tertiary/aromatic N) is 8. The van der Waals surface area contributed by atoms with Crippen LogP contribution >= 0.6 is 0 Å². The highest BCUT2D eigenvalue weighted by Crippen LogP contribution is 2.39. The number of aromatic nitrogens is 7. The van der Waals surface area contributed by atoms with Gasteiger partial charge in [-0.2, -0.15) is 5.10 Å². The lowest BCUT2D eigenvalue weighted by Crippen LogP contribution is -2.44. The quantitative estimate of drug-likeness (QED) is 0.201. The number of imidazole rings is 1. The summed E-state index contributed by atoms with van der Waals surface area (Å²) in [4.78, 5) is 4.48. The summed E-state index contributed by atoms with van der Waals surface area (Å²) < 4.78 is 46.9. The molecule has 5 rings (SSSR count). The monoisotopic (exact) mass is 638 g/mol. The van der Waals surface area contributed by atoms with Gasteiger partial charge in [-0.05, 0) is 43.3 Å². The number of aryl methyl sites for hydroxylation is 1. The van der Waals surface area contributed by atoms with Gasteiger partial charge in [-0.25, -0.2) is 17.7 Å². The molecule has 0 aliphatic heterocycles. The average Bonchev–Trinajstić information content (AvgIpc) is 3.73. The van der Waals surface area contributed by atoms with Crippen molar-refractivity contribution in [2.24, 2.45) is 7.05 Å². The third-order valence-electron chi connectivity index (χ3n) is 7.41. The molecule has 2 unspecified atom stereocenters. The van der Waals surface area contributed by atoms with Gasteiger partial charge in [0, 0.05) is 40.3 Å². The Morgan fingerprint density at radius 3 is 2.30 bits per heavy atom. The first-order valence-electron chi connectivity index (χ1n) is 14.2. The van der Waals surface area contributed by atoms with Crippen molar-refractivity contribution in [2.75, 3.05) is 25.1 Å². The summed E-state index contributed by atoms with van der Waals surface area (Å²) in [5.41, 5.74) is 1.74. The topological polar surface area (TPSA) is 142 Å². The van der Waals surface area contributed by atoms with Gasteiger partial charge in [-0.1, -0.05) is 31.8 Å². The highest BCUT2D eigenvalue weighted by molar-refractivity contribution is 7.93. The zero-order valence-electron chi connectivity index (χ0n) is 25.9. The molecule has 0 aliphatic carbocycles. The molecule has 4 heterocycles. The third kappa shape index (κ3) is 5.94. The molecule has 0 bridgehead atoms. The van der Waals surface area contributed by atoms with E-state index >= 15 is 0 Å². The number of fused-ring (bicyclic) bond motifs is 1. The maximum absolute atomic E-state index is 14.6. The Morgan fingerprint density at radius 1 is 1.00 bits per heavy atom. The van der Waals surface area contributed by atoms with Crippen LogP contribution in [0.15, 0.2) is 61.1 Å². The van der Waals surface area contributed by atoms with Gasteiger partial charge in [0.25, 0.3) is 0 Å². The number of aliphatic hydroxyl groups is 1. The molecular weight excluding hydrogens is 601 g/mol. The summed E-state index contributed by atoms with van der Waals surface area (Å²) in [6, 6.07) is 13.1. The first-order chi connectivity index (χ1) is 20.9. The van der Waals surface area contributed by atoms with E-state index in [1.165, 1.54) is 25.4 Å². The maximum Gasteiger partial charge on any atom is 0.246 e. The molecule has 0 spiro atoms. The zero-order valence-corrected chi connectivity index (χ0v) is 27.7. The number of para-hydroxylation sites is 1. The molecular formula is C29H38N8O5SSi. The smallest absolute Gasteiger partial charge is 0.246 e. The number of methoxy groups -OCH3 is 2. The Balaban J connectivity index is 1.70. The highest BCUT2D eigenvalue weighted by atomic mass is 32.2. The van der Waals surface area contributed by atoms with Gasteiger partial charge in [0.05, 0.1) is 19.9 Å². The van der Waals surface area contributed by atoms with Crippen molar-refractivity contribution in [3.8, 4) is 28.7 Å². The molecule has 1 aromatic carbocycles. The van der Waals surface area contributed by atoms with Gasteiger partial charge in [0.2, 0.25) is 16.0 Å². The molecule has 0 saturated carbocycles. The summed E-state index contributed by atoms with van der Waals surface area (Å²) in [6.45, 7) is 8.10. The Labute approximate surface area is 257 Å². The van der Waals surface area contributed by atoms with E-state index in [1.807, 2.05) is 12.1 Å². The Bertz CT molecular complexity index is 1820. The van der Waals surface area contributed by atoms with Gasteiger partial charge in [-0.15, -0.1) is 10.2 Å². The lowest BCUT2D eigenvalue weighted by molar-refractivity contribution is 0.171. The Kier molecular flexibility index (Phi) is 8.55. The number of hydrogen-bond acceptors (Lipinski definition) is 9. The van der Waals surface area contributed by atoms with Crippen molar-refractivity contribution in [3.05, 3.63) is 66.7 Å². The second-order valence-corrected chi connectivity index (χ2v) is 19.6. The molecule has 4 aromatic heterocycles. The van der Waals surface area contributed by atoms with E-state index < -0.39 is 29.5 Å². The van der Waals surface area contributed by atoms with Crippen LogP contribution in [0.5, 0.6) is 11.5 Å². The standard InChI is InChI=1S/C29H38N8O5SSi/c1-20(27(38)22-19-35-15-9-8-13-25(35)30-22)43(39,40)36(17-18-44(5,6)7)29-32-31-28(21-14-16-34(2)33-21)37(29)26-23(41-3)11-10-12-24(26)42-4/h8-16,19-20,27,38H,17-18H2,1-7H3. The largest absolute Gasteiger partial charge is 0.494 e. The fraction of sp³-hybridized carbons (Fsp3) is 0.379. The predicted octanol–water partition coefficient (Wildman–Crippen LogP) is 3.93. The van der Waals surface area contributed by atoms with E-state index in [2.05, 4.69) is 39.9 Å². The lowest BCUT2D eigenvalue weighted by atomic mass is 10.2. The first kappa shape index (κ1) is 31.2. The average molecular weight is 639 g/mol. The molecule has 0 aliphatic rings. The second kappa shape index (κ2) is 12.1. The van der Waals surface area contributed by atoms with Crippen LogP contribution in [0, 0.1) is 0 Å². The van der Waals surface area contributed by atoms with E-state index in [4.69, 9.17) is 9.47 Å². The van der Waals surface area contributed by atoms with Crippen LogP contribution in [0.1, 0.15) is 18.7 Å². The first-order valence-corrected chi connectivity index (χ1v) is 19.4. The van der Waals surface area contributed by atoms with Crippen LogP contribution in [0.3, 0.4) is 0 Å². The van der Waals surface area contributed by atoms with Crippen LogP contribution in [-0.2, 0) is 17.1 Å². The van der Waals surface area contributed by atoms with Crippen LogP contribution in [0.4, 0.5) is 5.95 Å². The Morgan fingerprint density at radius 2 is 1.70 bits per heavy atom. The molecule has 13 nitrogen and oxygen atoms in total. The minimum absolute atomic E-state index is 0.0285. The maximum atomic E-state index is 14.6. The van der Waals surface area contributed by atoms with Crippen LogP contribution in [0.25, 0.3) is 22.9 Å². The van der Waals surface area contributed by atoms with Crippen molar-refractivity contribution >= 4 is 29.7 Å².